The Balaban J connectivity index is 1.28. The summed E-state index contributed by atoms with van der Waals surface area (Å²) in [6, 6.07) is 8.08. The molecule has 12 nitrogen and oxygen atoms in total. The van der Waals surface area contributed by atoms with E-state index in [1.54, 1.807) is 12.1 Å². The van der Waals surface area contributed by atoms with Crippen LogP contribution in [0.3, 0.4) is 0 Å². The lowest BCUT2D eigenvalue weighted by Gasteiger charge is -2.39. The molecule has 0 amide bonds. The number of halogens is 1. The normalized spacial score (nSPS) is 22.1. The Morgan fingerprint density at radius 3 is 2.59 bits per heavy atom. The highest BCUT2D eigenvalue weighted by Gasteiger charge is 2.34. The minimum Gasteiger partial charge on any atom is -0.389 e. The van der Waals surface area contributed by atoms with E-state index in [9.17, 15) is 15.6 Å². The molecule has 1 aliphatic carbocycles. The molecule has 2 saturated heterocycles. The highest BCUT2D eigenvalue weighted by molar-refractivity contribution is 6.36. The summed E-state index contributed by atoms with van der Waals surface area (Å²) in [5, 5.41) is 40.8. The van der Waals surface area contributed by atoms with E-state index in [-0.39, 0.29) is 17.7 Å². The van der Waals surface area contributed by atoms with Crippen LogP contribution in [0.2, 0.25) is 5.02 Å². The summed E-state index contributed by atoms with van der Waals surface area (Å²) in [6.07, 6.45) is 3.08. The topological polar surface area (TPSA) is 151 Å². The second-order valence-electron chi connectivity index (χ2n) is 9.48. The van der Waals surface area contributed by atoms with Gasteiger partial charge in [0.05, 0.1) is 59.6 Å². The molecule has 6 rings (SSSR count). The van der Waals surface area contributed by atoms with E-state index >= 15 is 0 Å². The van der Waals surface area contributed by atoms with Crippen LogP contribution in [-0.4, -0.2) is 87.2 Å². The first-order valence-electron chi connectivity index (χ1n) is 12.2. The van der Waals surface area contributed by atoms with Crippen molar-refractivity contribution < 1.29 is 9.84 Å². The number of aliphatic hydroxyl groups is 1. The maximum Gasteiger partial charge on any atom is 0.247 e. The van der Waals surface area contributed by atoms with Crippen molar-refractivity contribution in [3.8, 4) is 12.1 Å². The average molecular weight is 521 g/mol. The zero-order valence-corrected chi connectivity index (χ0v) is 20.7. The third-order valence-electron chi connectivity index (χ3n) is 6.97. The molecular weight excluding hydrogens is 496 g/mol. The second kappa shape index (κ2) is 9.65. The molecule has 4 heterocycles. The Hall–Kier alpha value is -3.68. The molecule has 1 saturated carbocycles. The lowest BCUT2D eigenvalue weighted by molar-refractivity contribution is 0.0785. The van der Waals surface area contributed by atoms with E-state index in [0.29, 0.717) is 60.1 Å². The average Bonchev–Trinajstić information content (AvgIpc) is 3.46. The molecule has 3 fully saturated rings. The van der Waals surface area contributed by atoms with Crippen LogP contribution in [0, 0.1) is 22.7 Å². The van der Waals surface area contributed by atoms with Crippen molar-refractivity contribution in [1.82, 2.24) is 24.5 Å². The van der Waals surface area contributed by atoms with Crippen molar-refractivity contribution in [2.75, 3.05) is 54.9 Å². The van der Waals surface area contributed by atoms with Crippen molar-refractivity contribution in [2.24, 2.45) is 0 Å². The SMILES string of the molecule is N#Cc1cc(Nc2nc(NC3CC3)c3ncc(C#N)n3n2)c(Cl)c(N2CCN([C@@H]3COC[C@H]3O)CC2)c1. The number of piperazine rings is 1. The number of aromatic nitrogens is 4. The van der Waals surface area contributed by atoms with Gasteiger partial charge in [-0.05, 0) is 25.0 Å². The molecule has 0 spiro atoms. The first kappa shape index (κ1) is 23.7. The molecule has 3 N–H and O–H groups in total. The number of nitrogens with zero attached hydrogens (tertiary/aromatic N) is 8. The molecule has 37 heavy (non-hydrogen) atoms. The van der Waals surface area contributed by atoms with Crippen LogP contribution in [0.1, 0.15) is 24.1 Å². The molecule has 2 atom stereocenters. The van der Waals surface area contributed by atoms with Crippen molar-refractivity contribution in [3.05, 3.63) is 34.6 Å². The number of hydrogen-bond acceptors (Lipinski definition) is 11. The van der Waals surface area contributed by atoms with Crippen LogP contribution in [0.4, 0.5) is 23.1 Å². The van der Waals surface area contributed by atoms with Gasteiger partial charge in [-0.2, -0.15) is 20.0 Å². The lowest BCUT2D eigenvalue weighted by atomic mass is 10.1. The van der Waals surface area contributed by atoms with E-state index in [1.807, 2.05) is 0 Å². The van der Waals surface area contributed by atoms with Crippen LogP contribution in [0.5, 0.6) is 0 Å². The van der Waals surface area contributed by atoms with Crippen LogP contribution in [-0.2, 0) is 4.74 Å². The van der Waals surface area contributed by atoms with E-state index in [4.69, 9.17) is 16.3 Å². The van der Waals surface area contributed by atoms with Crippen molar-refractivity contribution >= 4 is 40.4 Å². The minimum atomic E-state index is -0.471. The molecule has 13 heteroatoms. The Kier molecular flexibility index (Phi) is 6.18. The van der Waals surface area contributed by atoms with E-state index in [0.717, 1.165) is 31.6 Å². The number of imidazole rings is 1. The van der Waals surface area contributed by atoms with Gasteiger partial charge in [0.15, 0.2) is 17.2 Å². The summed E-state index contributed by atoms with van der Waals surface area (Å²) in [4.78, 5) is 13.3. The Morgan fingerprint density at radius 1 is 1.11 bits per heavy atom. The summed E-state index contributed by atoms with van der Waals surface area (Å²) < 4.78 is 6.86. The largest absolute Gasteiger partial charge is 0.389 e. The molecule has 2 aliphatic heterocycles. The summed E-state index contributed by atoms with van der Waals surface area (Å²) in [6.45, 7) is 3.78. The van der Waals surface area contributed by atoms with Crippen LogP contribution in [0.15, 0.2) is 18.3 Å². The quantitative estimate of drug-likeness (QED) is 0.435. The number of nitriles is 2. The summed E-state index contributed by atoms with van der Waals surface area (Å²) in [7, 11) is 0. The van der Waals surface area contributed by atoms with Crippen LogP contribution >= 0.6 is 11.6 Å². The number of ether oxygens (including phenoxy) is 1. The number of benzene rings is 1. The first-order chi connectivity index (χ1) is 18.0. The van der Waals surface area contributed by atoms with Gasteiger partial charge in [-0.15, -0.1) is 5.10 Å². The number of hydrogen-bond donors (Lipinski definition) is 3. The van der Waals surface area contributed by atoms with Gasteiger partial charge in [0.25, 0.3) is 0 Å². The molecule has 3 aromatic rings. The lowest BCUT2D eigenvalue weighted by Crippen LogP contribution is -2.53. The maximum atomic E-state index is 10.2. The number of rotatable bonds is 6. The number of nitrogens with one attached hydrogen (secondary N) is 2. The van der Waals surface area contributed by atoms with Gasteiger partial charge in [0.2, 0.25) is 5.95 Å². The smallest absolute Gasteiger partial charge is 0.247 e. The molecule has 0 radical (unpaired) electrons. The Labute approximate surface area is 218 Å². The number of anilines is 4. The van der Waals surface area contributed by atoms with Crippen LogP contribution in [0.25, 0.3) is 5.65 Å². The van der Waals surface area contributed by atoms with Gasteiger partial charge in [-0.1, -0.05) is 11.6 Å². The third-order valence-corrected chi connectivity index (χ3v) is 7.37. The minimum absolute atomic E-state index is 0.00674. The summed E-state index contributed by atoms with van der Waals surface area (Å²) in [5.74, 6) is 0.761. The van der Waals surface area contributed by atoms with E-state index in [1.165, 1.54) is 10.7 Å². The Bertz CT molecular complexity index is 1420. The monoisotopic (exact) mass is 520 g/mol. The van der Waals surface area contributed by atoms with Gasteiger partial charge in [0, 0.05) is 32.2 Å². The van der Waals surface area contributed by atoms with Gasteiger partial charge >= 0.3 is 0 Å². The standard InChI is InChI=1S/C24H25ClN10O2/c25-21-17(30-24-31-22(29-15-1-2-15)23-28-11-16(10-27)35(23)32-24)7-14(9-26)8-18(21)33-3-5-34(6-4-33)19-12-37-13-20(19)36/h7-8,11,15,19-20,36H,1-6,12-13H2,(H2,29,30,31,32)/t19-,20-/m1/s1. The molecular formula is C24H25ClN10O2. The zero-order chi connectivity index (χ0) is 25.5. The molecule has 190 valence electrons. The fraction of sp³-hybridized carbons (Fsp3) is 0.458. The highest BCUT2D eigenvalue weighted by atomic mass is 35.5. The van der Waals surface area contributed by atoms with Gasteiger partial charge in [-0.3, -0.25) is 4.90 Å². The van der Waals surface area contributed by atoms with E-state index < -0.39 is 6.10 Å². The first-order valence-corrected chi connectivity index (χ1v) is 12.6. The molecule has 0 unspecified atom stereocenters. The van der Waals surface area contributed by atoms with Gasteiger partial charge < -0.3 is 25.4 Å². The fourth-order valence-electron chi connectivity index (χ4n) is 4.82. The highest BCUT2D eigenvalue weighted by Crippen LogP contribution is 2.37. The summed E-state index contributed by atoms with van der Waals surface area (Å²) in [5.41, 5.74) is 2.44. The molecule has 1 aromatic carbocycles. The number of aliphatic hydroxyl groups excluding tert-OH is 1. The van der Waals surface area contributed by atoms with Gasteiger partial charge in [-0.25, -0.2) is 4.98 Å². The summed E-state index contributed by atoms with van der Waals surface area (Å²) >= 11 is 6.87. The second-order valence-corrected chi connectivity index (χ2v) is 9.86. The molecule has 3 aliphatic rings. The van der Waals surface area contributed by atoms with Crippen molar-refractivity contribution in [2.45, 2.75) is 31.0 Å². The number of fused-ring (bicyclic) bond motifs is 1. The van der Waals surface area contributed by atoms with Crippen LogP contribution < -0.4 is 15.5 Å². The Morgan fingerprint density at radius 2 is 1.92 bits per heavy atom. The fourth-order valence-corrected chi connectivity index (χ4v) is 5.09. The third kappa shape index (κ3) is 4.61. The zero-order valence-electron chi connectivity index (χ0n) is 19.9. The predicted molar refractivity (Wildman–Crippen MR) is 136 cm³/mol. The van der Waals surface area contributed by atoms with Gasteiger partial charge in [0.1, 0.15) is 6.07 Å². The van der Waals surface area contributed by atoms with Crippen molar-refractivity contribution in [3.63, 3.8) is 0 Å². The van der Waals surface area contributed by atoms with Crippen molar-refractivity contribution in [1.29, 1.82) is 10.5 Å². The maximum absolute atomic E-state index is 10.2. The molecule has 2 aromatic heterocycles. The predicted octanol–water partition coefficient (Wildman–Crippen LogP) is 1.72. The molecule has 0 bridgehead atoms. The van der Waals surface area contributed by atoms with E-state index in [2.05, 4.69) is 47.6 Å².